The van der Waals surface area contributed by atoms with E-state index in [0.717, 1.165) is 15.6 Å². The van der Waals surface area contributed by atoms with Crippen LogP contribution in [0.5, 0.6) is 0 Å². The van der Waals surface area contributed by atoms with Crippen molar-refractivity contribution in [2.75, 3.05) is 0 Å². The van der Waals surface area contributed by atoms with Crippen LogP contribution in [-0.2, 0) is 16.1 Å². The van der Waals surface area contributed by atoms with E-state index in [4.69, 9.17) is 4.74 Å². The van der Waals surface area contributed by atoms with E-state index in [9.17, 15) is 4.79 Å². The standard InChI is InChI=1S/C18H20BrNO2/c1-13(16-10-6-7-11-17(16)19)20-18(21)14(2)22-12-15-8-4-3-5-9-15/h3-11,13-14H,12H2,1-2H3,(H,20,21)/t13-,14-/m0/s1. The smallest absolute Gasteiger partial charge is 0.249 e. The molecule has 0 aliphatic heterocycles. The van der Waals surface area contributed by atoms with E-state index in [1.807, 2.05) is 61.5 Å². The molecule has 2 atom stereocenters. The second-order valence-electron chi connectivity index (χ2n) is 5.19. The lowest BCUT2D eigenvalue weighted by atomic mass is 10.1. The molecule has 116 valence electrons. The van der Waals surface area contributed by atoms with Crippen LogP contribution in [0.4, 0.5) is 0 Å². The van der Waals surface area contributed by atoms with Gasteiger partial charge in [-0.15, -0.1) is 0 Å². The van der Waals surface area contributed by atoms with E-state index >= 15 is 0 Å². The third-order valence-electron chi connectivity index (χ3n) is 3.44. The van der Waals surface area contributed by atoms with Crippen molar-refractivity contribution in [2.45, 2.75) is 32.6 Å². The van der Waals surface area contributed by atoms with Gasteiger partial charge >= 0.3 is 0 Å². The van der Waals surface area contributed by atoms with E-state index < -0.39 is 6.10 Å². The molecule has 0 saturated carbocycles. The maximum absolute atomic E-state index is 12.2. The second kappa shape index (κ2) is 8.11. The predicted molar refractivity (Wildman–Crippen MR) is 91.4 cm³/mol. The summed E-state index contributed by atoms with van der Waals surface area (Å²) in [5.41, 5.74) is 2.10. The van der Waals surface area contributed by atoms with Crippen LogP contribution >= 0.6 is 15.9 Å². The van der Waals surface area contributed by atoms with Crippen molar-refractivity contribution >= 4 is 21.8 Å². The zero-order valence-electron chi connectivity index (χ0n) is 12.8. The van der Waals surface area contributed by atoms with Crippen molar-refractivity contribution in [3.05, 3.63) is 70.2 Å². The molecule has 0 fully saturated rings. The maximum atomic E-state index is 12.2. The summed E-state index contributed by atoms with van der Waals surface area (Å²) in [6.07, 6.45) is -0.495. The van der Waals surface area contributed by atoms with E-state index in [-0.39, 0.29) is 11.9 Å². The zero-order chi connectivity index (χ0) is 15.9. The van der Waals surface area contributed by atoms with E-state index in [0.29, 0.717) is 6.61 Å². The van der Waals surface area contributed by atoms with Gasteiger partial charge < -0.3 is 10.1 Å². The lowest BCUT2D eigenvalue weighted by Crippen LogP contribution is -2.36. The summed E-state index contributed by atoms with van der Waals surface area (Å²) in [4.78, 5) is 12.2. The van der Waals surface area contributed by atoms with Gasteiger partial charge in [-0.1, -0.05) is 64.5 Å². The molecule has 0 saturated heterocycles. The molecule has 0 unspecified atom stereocenters. The summed E-state index contributed by atoms with van der Waals surface area (Å²) < 4.78 is 6.62. The van der Waals surface area contributed by atoms with Crippen LogP contribution in [0.3, 0.4) is 0 Å². The fourth-order valence-electron chi connectivity index (χ4n) is 2.11. The van der Waals surface area contributed by atoms with Gasteiger partial charge in [-0.3, -0.25) is 4.79 Å². The Labute approximate surface area is 139 Å². The minimum atomic E-state index is -0.495. The molecule has 1 N–H and O–H groups in total. The van der Waals surface area contributed by atoms with Crippen LogP contribution in [0, 0.1) is 0 Å². The molecular formula is C18H20BrNO2. The van der Waals surface area contributed by atoms with Crippen LogP contribution in [-0.4, -0.2) is 12.0 Å². The highest BCUT2D eigenvalue weighted by Crippen LogP contribution is 2.22. The first kappa shape index (κ1) is 16.7. The number of benzene rings is 2. The topological polar surface area (TPSA) is 38.3 Å². The number of nitrogens with one attached hydrogen (secondary N) is 1. The van der Waals surface area contributed by atoms with Gasteiger partial charge in [0.25, 0.3) is 0 Å². The van der Waals surface area contributed by atoms with Crippen molar-refractivity contribution in [1.82, 2.24) is 5.32 Å². The number of hydrogen-bond donors (Lipinski definition) is 1. The third-order valence-corrected chi connectivity index (χ3v) is 4.16. The van der Waals surface area contributed by atoms with Gasteiger partial charge in [-0.25, -0.2) is 0 Å². The van der Waals surface area contributed by atoms with Gasteiger partial charge in [0.2, 0.25) is 5.91 Å². The molecule has 0 aliphatic rings. The van der Waals surface area contributed by atoms with Crippen molar-refractivity contribution in [3.63, 3.8) is 0 Å². The van der Waals surface area contributed by atoms with Crippen LogP contribution in [0.15, 0.2) is 59.1 Å². The van der Waals surface area contributed by atoms with Gasteiger partial charge in [-0.05, 0) is 31.0 Å². The number of carbonyl (C=O) groups is 1. The Morgan fingerprint density at radius 2 is 1.73 bits per heavy atom. The van der Waals surface area contributed by atoms with E-state index in [1.165, 1.54) is 0 Å². The number of amides is 1. The molecular weight excluding hydrogens is 342 g/mol. The van der Waals surface area contributed by atoms with Gasteiger partial charge in [0, 0.05) is 4.47 Å². The Balaban J connectivity index is 1.87. The minimum Gasteiger partial charge on any atom is -0.364 e. The van der Waals surface area contributed by atoms with E-state index in [1.54, 1.807) is 6.92 Å². The van der Waals surface area contributed by atoms with Gasteiger partial charge in [-0.2, -0.15) is 0 Å². The molecule has 2 rings (SSSR count). The fraction of sp³-hybridized carbons (Fsp3) is 0.278. The highest BCUT2D eigenvalue weighted by molar-refractivity contribution is 9.10. The first-order valence-electron chi connectivity index (χ1n) is 7.28. The average Bonchev–Trinajstić information content (AvgIpc) is 2.53. The number of ether oxygens (including phenoxy) is 1. The molecule has 0 aromatic heterocycles. The van der Waals surface area contributed by atoms with Crippen LogP contribution in [0.1, 0.15) is 31.0 Å². The van der Waals surface area contributed by atoms with Crippen LogP contribution < -0.4 is 5.32 Å². The minimum absolute atomic E-state index is 0.0779. The highest BCUT2D eigenvalue weighted by Gasteiger charge is 2.17. The van der Waals surface area contributed by atoms with E-state index in [2.05, 4.69) is 21.2 Å². The lowest BCUT2D eigenvalue weighted by Gasteiger charge is -2.19. The van der Waals surface area contributed by atoms with Crippen molar-refractivity contribution in [2.24, 2.45) is 0 Å². The Kier molecular flexibility index (Phi) is 6.16. The summed E-state index contributed by atoms with van der Waals surface area (Å²) in [5.74, 6) is -0.112. The molecule has 2 aromatic carbocycles. The van der Waals surface area contributed by atoms with Crippen LogP contribution in [0.25, 0.3) is 0 Å². The molecule has 2 aromatic rings. The Morgan fingerprint density at radius 3 is 2.41 bits per heavy atom. The van der Waals surface area contributed by atoms with Gasteiger partial charge in [0.1, 0.15) is 6.10 Å². The van der Waals surface area contributed by atoms with Crippen molar-refractivity contribution in [1.29, 1.82) is 0 Å². The summed E-state index contributed by atoms with van der Waals surface area (Å²) in [6.45, 7) is 4.16. The lowest BCUT2D eigenvalue weighted by molar-refractivity contribution is -0.133. The SMILES string of the molecule is C[C@H](OCc1ccccc1)C(=O)N[C@@H](C)c1ccccc1Br. The zero-order valence-corrected chi connectivity index (χ0v) is 14.3. The number of rotatable bonds is 6. The molecule has 0 spiro atoms. The molecule has 1 amide bonds. The average molecular weight is 362 g/mol. The fourth-order valence-corrected chi connectivity index (χ4v) is 2.73. The second-order valence-corrected chi connectivity index (χ2v) is 6.04. The summed E-state index contributed by atoms with van der Waals surface area (Å²) >= 11 is 3.50. The molecule has 0 aliphatic carbocycles. The number of carbonyl (C=O) groups excluding carboxylic acids is 1. The Morgan fingerprint density at radius 1 is 1.09 bits per heavy atom. The Hall–Kier alpha value is -1.65. The quantitative estimate of drug-likeness (QED) is 0.835. The first-order valence-corrected chi connectivity index (χ1v) is 8.07. The highest BCUT2D eigenvalue weighted by atomic mass is 79.9. The molecule has 0 radical (unpaired) electrons. The van der Waals surface area contributed by atoms with Crippen LogP contribution in [0.2, 0.25) is 0 Å². The normalized spacial score (nSPS) is 13.4. The summed E-state index contributed by atoms with van der Waals surface area (Å²) in [7, 11) is 0. The predicted octanol–water partition coefficient (Wildman–Crippen LogP) is 4.23. The molecule has 0 heterocycles. The van der Waals surface area contributed by atoms with Crippen molar-refractivity contribution in [3.8, 4) is 0 Å². The van der Waals surface area contributed by atoms with Gasteiger partial charge in [0.05, 0.1) is 12.6 Å². The van der Waals surface area contributed by atoms with Gasteiger partial charge in [0.15, 0.2) is 0 Å². The first-order chi connectivity index (χ1) is 10.6. The molecule has 0 bridgehead atoms. The molecule has 4 heteroatoms. The van der Waals surface area contributed by atoms with Crippen molar-refractivity contribution < 1.29 is 9.53 Å². The maximum Gasteiger partial charge on any atom is 0.249 e. The Bertz CT molecular complexity index is 615. The summed E-state index contributed by atoms with van der Waals surface area (Å²) in [5, 5.41) is 2.98. The number of halogens is 1. The molecule has 3 nitrogen and oxygen atoms in total. The number of hydrogen-bond acceptors (Lipinski definition) is 2. The third kappa shape index (κ3) is 4.68. The monoisotopic (exact) mass is 361 g/mol. The molecule has 22 heavy (non-hydrogen) atoms. The largest absolute Gasteiger partial charge is 0.364 e. The summed E-state index contributed by atoms with van der Waals surface area (Å²) in [6, 6.07) is 17.6.